The molecule has 18 heavy (non-hydrogen) atoms. The van der Waals surface area contributed by atoms with Gasteiger partial charge >= 0.3 is 0 Å². The average Bonchev–Trinajstić information content (AvgIpc) is 3.11. The highest BCUT2D eigenvalue weighted by atomic mass is 127. The molecule has 0 unspecified atom stereocenters. The molecular formula is C12H16F2IN3. The molecule has 0 aliphatic heterocycles. The minimum Gasteiger partial charge on any atom is -0.370 e. The van der Waals surface area contributed by atoms with E-state index >= 15 is 0 Å². The lowest BCUT2D eigenvalue weighted by molar-refractivity contribution is 0.151. The summed E-state index contributed by atoms with van der Waals surface area (Å²) in [5.41, 5.74) is 6.56. The summed E-state index contributed by atoms with van der Waals surface area (Å²) in [6.45, 7) is 0.412. The third-order valence-electron chi connectivity index (χ3n) is 2.59. The first kappa shape index (κ1) is 15.1. The summed E-state index contributed by atoms with van der Waals surface area (Å²) in [6.07, 6.45) is -0.146. The molecule has 1 aliphatic carbocycles. The highest BCUT2D eigenvalue weighted by molar-refractivity contribution is 14.0. The quantitative estimate of drug-likeness (QED) is 0.489. The Morgan fingerprint density at radius 2 is 1.94 bits per heavy atom. The largest absolute Gasteiger partial charge is 0.370 e. The van der Waals surface area contributed by atoms with Crippen LogP contribution in [0.3, 0.4) is 0 Å². The Hall–Kier alpha value is -0.920. The van der Waals surface area contributed by atoms with Crippen LogP contribution in [0.15, 0.2) is 29.3 Å². The van der Waals surface area contributed by atoms with Gasteiger partial charge in [0, 0.05) is 11.6 Å². The van der Waals surface area contributed by atoms with Gasteiger partial charge in [0.2, 0.25) is 0 Å². The van der Waals surface area contributed by atoms with Crippen molar-refractivity contribution in [2.45, 2.75) is 31.9 Å². The molecule has 1 saturated carbocycles. The van der Waals surface area contributed by atoms with Gasteiger partial charge in [0.1, 0.15) is 0 Å². The minimum atomic E-state index is -2.42. The number of guanidine groups is 1. The molecule has 1 aliphatic rings. The van der Waals surface area contributed by atoms with E-state index in [0.29, 0.717) is 18.5 Å². The lowest BCUT2D eigenvalue weighted by Gasteiger charge is -2.04. The zero-order chi connectivity index (χ0) is 12.3. The summed E-state index contributed by atoms with van der Waals surface area (Å²) in [5.74, 6) is 0.422. The number of halogens is 3. The molecule has 1 fully saturated rings. The maximum Gasteiger partial charge on any atom is 0.263 e. The van der Waals surface area contributed by atoms with E-state index in [9.17, 15) is 8.78 Å². The van der Waals surface area contributed by atoms with E-state index in [0.717, 1.165) is 18.4 Å². The number of hydrogen-bond donors (Lipinski definition) is 2. The molecule has 2 rings (SSSR count). The van der Waals surface area contributed by atoms with Crippen molar-refractivity contribution >= 4 is 29.9 Å². The van der Waals surface area contributed by atoms with Gasteiger partial charge in [0.25, 0.3) is 6.43 Å². The molecule has 0 amide bonds. The van der Waals surface area contributed by atoms with E-state index in [-0.39, 0.29) is 29.5 Å². The molecule has 0 radical (unpaired) electrons. The second kappa shape index (κ2) is 6.86. The van der Waals surface area contributed by atoms with E-state index in [1.54, 1.807) is 12.1 Å². The molecule has 0 heterocycles. The molecule has 0 spiro atoms. The van der Waals surface area contributed by atoms with Crippen LogP contribution < -0.4 is 11.1 Å². The van der Waals surface area contributed by atoms with E-state index < -0.39 is 6.43 Å². The third-order valence-corrected chi connectivity index (χ3v) is 2.59. The van der Waals surface area contributed by atoms with Crippen LogP contribution in [0.5, 0.6) is 0 Å². The van der Waals surface area contributed by atoms with Crippen molar-refractivity contribution in [2.24, 2.45) is 10.7 Å². The summed E-state index contributed by atoms with van der Waals surface area (Å²) < 4.78 is 24.6. The van der Waals surface area contributed by atoms with Crippen LogP contribution in [0.4, 0.5) is 8.78 Å². The van der Waals surface area contributed by atoms with Gasteiger partial charge in [-0.1, -0.05) is 24.3 Å². The second-order valence-electron chi connectivity index (χ2n) is 4.16. The fraction of sp³-hybridized carbons (Fsp3) is 0.417. The van der Waals surface area contributed by atoms with Crippen molar-refractivity contribution in [1.82, 2.24) is 5.32 Å². The van der Waals surface area contributed by atoms with Crippen molar-refractivity contribution in [3.05, 3.63) is 35.4 Å². The second-order valence-corrected chi connectivity index (χ2v) is 4.16. The molecule has 0 saturated heterocycles. The molecular weight excluding hydrogens is 351 g/mol. The number of alkyl halides is 2. The standard InChI is InChI=1S/C12H15F2N3.HI/c13-11(14)9-3-1-8(2-4-9)7-16-12(15)17-10-5-6-10;/h1-4,10-11H,5-7H2,(H3,15,16,17);1H. The number of rotatable bonds is 4. The summed E-state index contributed by atoms with van der Waals surface area (Å²) in [7, 11) is 0. The van der Waals surface area contributed by atoms with Crippen molar-refractivity contribution in [1.29, 1.82) is 0 Å². The Morgan fingerprint density at radius 1 is 1.33 bits per heavy atom. The van der Waals surface area contributed by atoms with Crippen molar-refractivity contribution in [2.75, 3.05) is 0 Å². The number of aliphatic imine (C=N–C) groups is 1. The van der Waals surface area contributed by atoms with Gasteiger partial charge in [-0.25, -0.2) is 13.8 Å². The molecule has 100 valence electrons. The third kappa shape index (κ3) is 4.75. The first-order valence-electron chi connectivity index (χ1n) is 5.58. The summed E-state index contributed by atoms with van der Waals surface area (Å²) in [6, 6.07) is 6.60. The Balaban J connectivity index is 0.00000162. The smallest absolute Gasteiger partial charge is 0.263 e. The molecule has 0 aromatic heterocycles. The van der Waals surface area contributed by atoms with Gasteiger partial charge < -0.3 is 11.1 Å². The van der Waals surface area contributed by atoms with Gasteiger partial charge in [0.15, 0.2) is 5.96 Å². The van der Waals surface area contributed by atoms with E-state index in [2.05, 4.69) is 10.3 Å². The number of nitrogens with one attached hydrogen (secondary N) is 1. The molecule has 1 aromatic rings. The molecule has 3 nitrogen and oxygen atoms in total. The summed E-state index contributed by atoms with van der Waals surface area (Å²) in [4.78, 5) is 4.14. The molecule has 0 bridgehead atoms. The molecule has 1 aromatic carbocycles. The van der Waals surface area contributed by atoms with Crippen LogP contribution in [0.2, 0.25) is 0 Å². The number of hydrogen-bond acceptors (Lipinski definition) is 1. The Morgan fingerprint density at radius 3 is 2.44 bits per heavy atom. The Bertz CT molecular complexity index is 402. The fourth-order valence-corrected chi connectivity index (χ4v) is 1.43. The van der Waals surface area contributed by atoms with E-state index in [1.165, 1.54) is 12.1 Å². The fourth-order valence-electron chi connectivity index (χ4n) is 1.43. The lowest BCUT2D eigenvalue weighted by Crippen LogP contribution is -2.33. The topological polar surface area (TPSA) is 50.4 Å². The van der Waals surface area contributed by atoms with Crippen molar-refractivity contribution in [3.63, 3.8) is 0 Å². The minimum absolute atomic E-state index is 0. The Labute approximate surface area is 122 Å². The van der Waals surface area contributed by atoms with Crippen LogP contribution in [0, 0.1) is 0 Å². The maximum absolute atomic E-state index is 12.3. The number of benzene rings is 1. The predicted octanol–water partition coefficient (Wildman–Crippen LogP) is 2.81. The van der Waals surface area contributed by atoms with Crippen LogP contribution in [-0.4, -0.2) is 12.0 Å². The monoisotopic (exact) mass is 367 g/mol. The maximum atomic E-state index is 12.3. The van der Waals surface area contributed by atoms with Crippen molar-refractivity contribution < 1.29 is 8.78 Å². The summed E-state index contributed by atoms with van der Waals surface area (Å²) >= 11 is 0. The van der Waals surface area contributed by atoms with Crippen molar-refractivity contribution in [3.8, 4) is 0 Å². The number of nitrogens with two attached hydrogens (primary N) is 1. The van der Waals surface area contributed by atoms with Crippen LogP contribution in [-0.2, 0) is 6.54 Å². The van der Waals surface area contributed by atoms with Gasteiger partial charge in [-0.15, -0.1) is 24.0 Å². The van der Waals surface area contributed by atoms with Gasteiger partial charge in [-0.2, -0.15) is 0 Å². The first-order valence-corrected chi connectivity index (χ1v) is 5.58. The highest BCUT2D eigenvalue weighted by Crippen LogP contribution is 2.19. The molecule has 0 atom stereocenters. The van der Waals surface area contributed by atoms with E-state index in [1.807, 2.05) is 0 Å². The molecule has 6 heteroatoms. The summed E-state index contributed by atoms with van der Waals surface area (Å²) in [5, 5.41) is 3.06. The van der Waals surface area contributed by atoms with Gasteiger partial charge in [0.05, 0.1) is 6.54 Å². The Kier molecular flexibility index (Phi) is 5.77. The first-order chi connectivity index (χ1) is 8.15. The predicted molar refractivity (Wildman–Crippen MR) is 78.3 cm³/mol. The zero-order valence-electron chi connectivity index (χ0n) is 9.77. The van der Waals surface area contributed by atoms with Crippen LogP contribution in [0.1, 0.15) is 30.4 Å². The van der Waals surface area contributed by atoms with Crippen LogP contribution >= 0.6 is 24.0 Å². The normalized spacial score (nSPS) is 15.4. The zero-order valence-corrected chi connectivity index (χ0v) is 12.1. The SMILES string of the molecule is I.NC(=NCc1ccc(C(F)F)cc1)NC1CC1. The van der Waals surface area contributed by atoms with E-state index in [4.69, 9.17) is 5.73 Å². The molecule has 3 N–H and O–H groups in total. The van der Waals surface area contributed by atoms with Gasteiger partial charge in [-0.05, 0) is 18.4 Å². The van der Waals surface area contributed by atoms with Gasteiger partial charge in [-0.3, -0.25) is 0 Å². The lowest BCUT2D eigenvalue weighted by atomic mass is 10.1. The number of nitrogens with zero attached hydrogens (tertiary/aromatic N) is 1. The van der Waals surface area contributed by atoms with Crippen LogP contribution in [0.25, 0.3) is 0 Å². The highest BCUT2D eigenvalue weighted by Gasteiger charge is 2.21. The average molecular weight is 367 g/mol.